The fourth-order valence-electron chi connectivity index (χ4n) is 5.59. The van der Waals surface area contributed by atoms with Crippen molar-refractivity contribution in [3.05, 3.63) is 101 Å². The van der Waals surface area contributed by atoms with Gasteiger partial charge in [-0.15, -0.1) is 0 Å². The Morgan fingerprint density at radius 3 is 2.51 bits per heavy atom. The second-order valence-electron chi connectivity index (χ2n) is 10.1. The molecule has 0 aliphatic carbocycles. The minimum atomic E-state index is -1.51. The predicted molar refractivity (Wildman–Crippen MR) is 135 cm³/mol. The maximum atomic E-state index is 11.4. The van der Waals surface area contributed by atoms with Crippen molar-refractivity contribution in [2.75, 3.05) is 19.8 Å². The largest absolute Gasteiger partial charge is 0.494 e. The van der Waals surface area contributed by atoms with E-state index in [-0.39, 0.29) is 13.2 Å². The van der Waals surface area contributed by atoms with Crippen LogP contribution in [0.4, 0.5) is 0 Å². The molecule has 0 saturated carbocycles. The van der Waals surface area contributed by atoms with Gasteiger partial charge in [0, 0.05) is 11.1 Å². The van der Waals surface area contributed by atoms with Crippen molar-refractivity contribution < 1.29 is 33.9 Å². The zero-order valence-corrected chi connectivity index (χ0v) is 21.0. The molecule has 2 bridgehead atoms. The summed E-state index contributed by atoms with van der Waals surface area (Å²) in [5.74, 6) is -0.669. The van der Waals surface area contributed by atoms with Crippen LogP contribution in [-0.2, 0) is 31.2 Å². The third kappa shape index (κ3) is 4.16. The average Bonchev–Trinajstić information content (AvgIpc) is 3.28. The molecule has 0 aromatic heterocycles. The zero-order valence-electron chi connectivity index (χ0n) is 21.0. The van der Waals surface area contributed by atoms with Crippen LogP contribution in [0.1, 0.15) is 41.0 Å². The average molecular weight is 505 g/mol. The minimum absolute atomic E-state index is 0.134. The van der Waals surface area contributed by atoms with Gasteiger partial charge < -0.3 is 33.9 Å². The summed E-state index contributed by atoms with van der Waals surface area (Å²) in [7, 11) is 0. The molecule has 3 aromatic rings. The van der Waals surface area contributed by atoms with E-state index in [9.17, 15) is 10.2 Å². The number of hydrogen-bond donors (Lipinski definition) is 2. The molecule has 3 heterocycles. The molecule has 0 amide bonds. The summed E-state index contributed by atoms with van der Waals surface area (Å²) in [6, 6.07) is 23.5. The van der Waals surface area contributed by atoms with Crippen molar-refractivity contribution in [1.29, 1.82) is 0 Å². The molecular formula is C30H32O7. The lowest BCUT2D eigenvalue weighted by Gasteiger charge is -2.51. The van der Waals surface area contributed by atoms with Gasteiger partial charge in [-0.3, -0.25) is 0 Å². The van der Waals surface area contributed by atoms with Crippen molar-refractivity contribution in [2.24, 2.45) is 0 Å². The molecule has 7 heteroatoms. The van der Waals surface area contributed by atoms with Gasteiger partial charge in [0.2, 0.25) is 5.79 Å². The summed E-state index contributed by atoms with van der Waals surface area (Å²) in [5, 5.41) is 22.6. The van der Waals surface area contributed by atoms with Crippen LogP contribution in [0.25, 0.3) is 0 Å². The fourth-order valence-corrected chi connectivity index (χ4v) is 5.59. The van der Waals surface area contributed by atoms with Crippen molar-refractivity contribution >= 4 is 0 Å². The highest BCUT2D eigenvalue weighted by molar-refractivity contribution is 5.40. The number of rotatable bonds is 6. The van der Waals surface area contributed by atoms with Gasteiger partial charge in [-0.05, 0) is 55.2 Å². The number of ether oxygens (including phenoxy) is 5. The molecule has 3 saturated heterocycles. The highest BCUT2D eigenvalue weighted by Gasteiger charge is 2.69. The standard InChI is InChI=1S/C30H32O7/c1-3-33-24-13-10-20(11-14-24)15-22-16-23(12-9-19(22)2)30-26(32)25(31)27-29(37-30,18-35-30)17-34-28(36-27)21-7-5-4-6-8-21/h4-14,16,25-28,31-32H,3,15,17-18H2,1-2H3/t25-,26-,27+,28?,29+,30+/m1/s1. The van der Waals surface area contributed by atoms with Crippen LogP contribution < -0.4 is 4.74 Å². The number of fused-ring (bicyclic) bond motifs is 1. The third-order valence-electron chi connectivity index (χ3n) is 7.63. The van der Waals surface area contributed by atoms with E-state index in [0.717, 1.165) is 28.0 Å². The minimum Gasteiger partial charge on any atom is -0.494 e. The zero-order chi connectivity index (χ0) is 25.6. The first kappa shape index (κ1) is 24.6. The molecule has 0 radical (unpaired) electrons. The predicted octanol–water partition coefficient (Wildman–Crippen LogP) is 3.77. The van der Waals surface area contributed by atoms with Crippen molar-refractivity contribution in [3.8, 4) is 5.75 Å². The Hall–Kier alpha value is -2.78. The van der Waals surface area contributed by atoms with Crippen LogP contribution in [0.5, 0.6) is 5.75 Å². The first-order valence-corrected chi connectivity index (χ1v) is 12.8. The Labute approximate surface area is 216 Å². The van der Waals surface area contributed by atoms with Gasteiger partial charge in [0.05, 0.1) is 19.8 Å². The van der Waals surface area contributed by atoms with Gasteiger partial charge in [-0.2, -0.15) is 0 Å². The summed E-state index contributed by atoms with van der Waals surface area (Å²) in [4.78, 5) is 0. The summed E-state index contributed by atoms with van der Waals surface area (Å²) in [6.45, 7) is 4.95. The van der Waals surface area contributed by atoms with Gasteiger partial charge in [0.15, 0.2) is 6.29 Å². The number of benzene rings is 3. The molecule has 3 aromatic carbocycles. The summed E-state index contributed by atoms with van der Waals surface area (Å²) in [6.07, 6.45) is -3.33. The van der Waals surface area contributed by atoms with Crippen LogP contribution in [0, 0.1) is 6.92 Å². The highest BCUT2D eigenvalue weighted by atomic mass is 16.8. The van der Waals surface area contributed by atoms with Gasteiger partial charge in [0.1, 0.15) is 29.7 Å². The van der Waals surface area contributed by atoms with E-state index in [0.29, 0.717) is 18.6 Å². The van der Waals surface area contributed by atoms with Crippen molar-refractivity contribution in [2.45, 2.75) is 56.3 Å². The van der Waals surface area contributed by atoms with E-state index in [1.807, 2.05) is 67.6 Å². The molecule has 6 atom stereocenters. The molecule has 1 unspecified atom stereocenters. The Balaban J connectivity index is 1.27. The third-order valence-corrected chi connectivity index (χ3v) is 7.63. The fraction of sp³-hybridized carbons (Fsp3) is 0.400. The normalized spacial score (nSPS) is 32.6. The van der Waals surface area contributed by atoms with Crippen LogP contribution in [0.3, 0.4) is 0 Å². The molecule has 3 aliphatic heterocycles. The lowest BCUT2D eigenvalue weighted by Crippen LogP contribution is -2.68. The maximum absolute atomic E-state index is 11.4. The first-order chi connectivity index (χ1) is 17.9. The molecule has 7 nitrogen and oxygen atoms in total. The summed E-state index contributed by atoms with van der Waals surface area (Å²) >= 11 is 0. The number of aryl methyl sites for hydroxylation is 1. The van der Waals surface area contributed by atoms with Crippen molar-refractivity contribution in [3.63, 3.8) is 0 Å². The van der Waals surface area contributed by atoms with Gasteiger partial charge in [-0.1, -0.05) is 54.6 Å². The molecule has 37 heavy (non-hydrogen) atoms. The molecule has 3 aliphatic rings. The highest BCUT2D eigenvalue weighted by Crippen LogP contribution is 2.53. The Morgan fingerprint density at radius 1 is 0.973 bits per heavy atom. The molecule has 1 spiro atoms. The van der Waals surface area contributed by atoms with E-state index < -0.39 is 36.0 Å². The van der Waals surface area contributed by atoms with E-state index >= 15 is 0 Å². The Morgan fingerprint density at radius 2 is 1.76 bits per heavy atom. The lowest BCUT2D eigenvalue weighted by atomic mass is 9.82. The van der Waals surface area contributed by atoms with Gasteiger partial charge in [-0.25, -0.2) is 0 Å². The smallest absolute Gasteiger partial charge is 0.225 e. The maximum Gasteiger partial charge on any atom is 0.225 e. The quantitative estimate of drug-likeness (QED) is 0.529. The number of aliphatic hydroxyl groups is 2. The van der Waals surface area contributed by atoms with Gasteiger partial charge in [0.25, 0.3) is 0 Å². The Bertz CT molecular complexity index is 1250. The first-order valence-electron chi connectivity index (χ1n) is 12.8. The second-order valence-corrected chi connectivity index (χ2v) is 10.1. The number of aliphatic hydroxyl groups excluding tert-OH is 2. The van der Waals surface area contributed by atoms with E-state index in [2.05, 4.69) is 19.1 Å². The van der Waals surface area contributed by atoms with Crippen LogP contribution in [0.15, 0.2) is 72.8 Å². The summed E-state index contributed by atoms with van der Waals surface area (Å²) < 4.78 is 30.5. The van der Waals surface area contributed by atoms with E-state index in [4.69, 9.17) is 23.7 Å². The molecule has 2 N–H and O–H groups in total. The number of hydrogen-bond acceptors (Lipinski definition) is 7. The molecule has 3 fully saturated rings. The lowest BCUT2D eigenvalue weighted by molar-refractivity contribution is -0.383. The van der Waals surface area contributed by atoms with Gasteiger partial charge >= 0.3 is 0 Å². The molecule has 6 rings (SSSR count). The van der Waals surface area contributed by atoms with Crippen LogP contribution in [0.2, 0.25) is 0 Å². The van der Waals surface area contributed by atoms with E-state index in [1.165, 1.54) is 0 Å². The van der Waals surface area contributed by atoms with Crippen LogP contribution >= 0.6 is 0 Å². The van der Waals surface area contributed by atoms with Crippen LogP contribution in [-0.4, -0.2) is 53.9 Å². The van der Waals surface area contributed by atoms with Crippen molar-refractivity contribution in [1.82, 2.24) is 0 Å². The summed E-state index contributed by atoms with van der Waals surface area (Å²) in [5.41, 5.74) is 3.80. The van der Waals surface area contributed by atoms with E-state index in [1.54, 1.807) is 0 Å². The SMILES string of the molecule is CCOc1ccc(Cc2cc([C@@]34OC[C@]5(COC(c6ccccc6)O[C@H]5[C@H](O)[C@H]3O)O4)ccc2C)cc1. The molecular weight excluding hydrogens is 472 g/mol. The second kappa shape index (κ2) is 9.51. The molecule has 194 valence electrons. The monoisotopic (exact) mass is 504 g/mol. The Kier molecular flexibility index (Phi) is 6.31. The topological polar surface area (TPSA) is 86.6 Å².